The molecule has 1 atom stereocenters. The van der Waals surface area contributed by atoms with E-state index in [-0.39, 0.29) is 5.92 Å². The normalized spacial score (nSPS) is 23.1. The Bertz CT molecular complexity index is 424. The van der Waals surface area contributed by atoms with Gasteiger partial charge in [-0.05, 0) is 25.3 Å². The third-order valence-electron chi connectivity index (χ3n) is 3.74. The van der Waals surface area contributed by atoms with Crippen molar-refractivity contribution >= 4 is 5.84 Å². The summed E-state index contributed by atoms with van der Waals surface area (Å²) >= 11 is 0. The zero-order valence-corrected chi connectivity index (χ0v) is 9.98. The number of likely N-dealkylation sites (tertiary alicyclic amines) is 1. The molecule has 1 unspecified atom stereocenters. The molecule has 17 heavy (non-hydrogen) atoms. The average Bonchev–Trinajstić information content (AvgIpc) is 2.91. The first-order chi connectivity index (χ1) is 8.36. The highest BCUT2D eigenvalue weighted by Crippen LogP contribution is 2.35. The summed E-state index contributed by atoms with van der Waals surface area (Å²) < 4.78 is 5.65. The molecule has 0 aromatic heterocycles. The van der Waals surface area contributed by atoms with Crippen molar-refractivity contribution in [1.82, 2.24) is 4.90 Å². The molecule has 0 bridgehead atoms. The highest BCUT2D eigenvalue weighted by molar-refractivity contribution is 5.87. The lowest BCUT2D eigenvalue weighted by molar-refractivity contribution is 0.277. The van der Waals surface area contributed by atoms with Crippen molar-refractivity contribution in [3.63, 3.8) is 0 Å². The van der Waals surface area contributed by atoms with E-state index < -0.39 is 0 Å². The Balaban J connectivity index is 1.86. The summed E-state index contributed by atoms with van der Waals surface area (Å²) in [7, 11) is 0. The molecule has 1 N–H and O–H groups in total. The maximum atomic E-state index is 8.38. The van der Waals surface area contributed by atoms with Crippen LogP contribution in [0.5, 0.6) is 5.75 Å². The lowest BCUT2D eigenvalue weighted by atomic mass is 9.91. The summed E-state index contributed by atoms with van der Waals surface area (Å²) in [5.41, 5.74) is 1.19. The predicted octanol–water partition coefficient (Wildman–Crippen LogP) is 2.63. The van der Waals surface area contributed by atoms with Crippen LogP contribution in [0.15, 0.2) is 24.3 Å². The molecule has 3 nitrogen and oxygen atoms in total. The number of fused-ring (bicyclic) bond motifs is 1. The first kappa shape index (κ1) is 10.6. The molecule has 1 fully saturated rings. The van der Waals surface area contributed by atoms with Crippen LogP contribution in [0.1, 0.15) is 30.7 Å². The Morgan fingerprint density at radius 2 is 2.00 bits per heavy atom. The van der Waals surface area contributed by atoms with Gasteiger partial charge in [-0.15, -0.1) is 0 Å². The summed E-state index contributed by atoms with van der Waals surface area (Å²) in [6.07, 6.45) is 3.40. The molecule has 2 aliphatic rings. The van der Waals surface area contributed by atoms with Crippen LogP contribution in [-0.4, -0.2) is 30.4 Å². The molecule has 2 aliphatic heterocycles. The Morgan fingerprint density at radius 1 is 1.24 bits per heavy atom. The minimum atomic E-state index is 0.234. The van der Waals surface area contributed by atoms with Crippen molar-refractivity contribution in [2.75, 3.05) is 19.7 Å². The van der Waals surface area contributed by atoms with Crippen molar-refractivity contribution in [3.8, 4) is 5.75 Å². The first-order valence-corrected chi connectivity index (χ1v) is 6.41. The van der Waals surface area contributed by atoms with Gasteiger partial charge in [0, 0.05) is 24.6 Å². The van der Waals surface area contributed by atoms with Crippen LogP contribution in [0, 0.1) is 5.41 Å². The van der Waals surface area contributed by atoms with Crippen molar-refractivity contribution < 1.29 is 4.74 Å². The Hall–Kier alpha value is -1.51. The van der Waals surface area contributed by atoms with Gasteiger partial charge in [-0.3, -0.25) is 5.41 Å². The van der Waals surface area contributed by atoms with Crippen LogP contribution < -0.4 is 4.74 Å². The number of nitrogens with zero attached hydrogens (tertiary/aromatic N) is 1. The monoisotopic (exact) mass is 230 g/mol. The Labute approximate surface area is 102 Å². The fraction of sp³-hybridized carbons (Fsp3) is 0.500. The van der Waals surface area contributed by atoms with Gasteiger partial charge in [-0.1, -0.05) is 18.2 Å². The SMILES string of the molecule is N=C(C1CCOc2ccccc21)N1CCCC1. The van der Waals surface area contributed by atoms with Gasteiger partial charge in [0.1, 0.15) is 11.6 Å². The Morgan fingerprint density at radius 3 is 2.82 bits per heavy atom. The van der Waals surface area contributed by atoms with E-state index in [4.69, 9.17) is 10.1 Å². The molecule has 0 radical (unpaired) electrons. The van der Waals surface area contributed by atoms with Gasteiger partial charge in [0.2, 0.25) is 0 Å². The fourth-order valence-corrected chi connectivity index (χ4v) is 2.80. The maximum absolute atomic E-state index is 8.38. The number of hydrogen-bond acceptors (Lipinski definition) is 2. The summed E-state index contributed by atoms with van der Waals surface area (Å²) in [5.74, 6) is 1.99. The number of ether oxygens (including phenoxy) is 1. The van der Waals surface area contributed by atoms with Crippen LogP contribution in [0.3, 0.4) is 0 Å². The molecule has 1 aromatic rings. The molecule has 0 amide bonds. The van der Waals surface area contributed by atoms with Crippen LogP contribution >= 0.6 is 0 Å². The van der Waals surface area contributed by atoms with Gasteiger partial charge in [0.25, 0.3) is 0 Å². The Kier molecular flexibility index (Phi) is 2.75. The molecule has 1 aromatic carbocycles. The van der Waals surface area contributed by atoms with Crippen LogP contribution in [0.25, 0.3) is 0 Å². The molecule has 0 spiro atoms. The van der Waals surface area contributed by atoms with Gasteiger partial charge < -0.3 is 9.64 Å². The lowest BCUT2D eigenvalue weighted by Crippen LogP contribution is -2.34. The van der Waals surface area contributed by atoms with Crippen LogP contribution in [0.4, 0.5) is 0 Å². The molecule has 90 valence electrons. The minimum absolute atomic E-state index is 0.234. The van der Waals surface area contributed by atoms with E-state index in [9.17, 15) is 0 Å². The van der Waals surface area contributed by atoms with Gasteiger partial charge >= 0.3 is 0 Å². The van der Waals surface area contributed by atoms with Crippen LogP contribution in [0.2, 0.25) is 0 Å². The van der Waals surface area contributed by atoms with E-state index in [1.54, 1.807) is 0 Å². The summed E-state index contributed by atoms with van der Waals surface area (Å²) in [4.78, 5) is 2.23. The van der Waals surface area contributed by atoms with Crippen molar-refractivity contribution in [2.45, 2.75) is 25.2 Å². The predicted molar refractivity (Wildman–Crippen MR) is 67.8 cm³/mol. The summed E-state index contributed by atoms with van der Waals surface area (Å²) in [5, 5.41) is 8.38. The van der Waals surface area contributed by atoms with Gasteiger partial charge in [-0.2, -0.15) is 0 Å². The first-order valence-electron chi connectivity index (χ1n) is 6.41. The van der Waals surface area contributed by atoms with Crippen molar-refractivity contribution in [1.29, 1.82) is 5.41 Å². The second-order valence-corrected chi connectivity index (χ2v) is 4.81. The third-order valence-corrected chi connectivity index (χ3v) is 3.74. The maximum Gasteiger partial charge on any atom is 0.123 e. The molecule has 1 saturated heterocycles. The number of rotatable bonds is 1. The van der Waals surface area contributed by atoms with E-state index in [0.717, 1.165) is 37.7 Å². The number of nitrogens with one attached hydrogen (secondary N) is 1. The number of benzene rings is 1. The second-order valence-electron chi connectivity index (χ2n) is 4.81. The molecule has 2 heterocycles. The average molecular weight is 230 g/mol. The molecule has 0 saturated carbocycles. The quantitative estimate of drug-likeness (QED) is 0.594. The van der Waals surface area contributed by atoms with Crippen LogP contribution in [-0.2, 0) is 0 Å². The molecule has 3 heteroatoms. The standard InChI is InChI=1S/C14H18N2O/c15-14(16-8-3-4-9-16)12-7-10-17-13-6-2-1-5-11(12)13/h1-2,5-6,12,15H,3-4,7-10H2. The van der Waals surface area contributed by atoms with E-state index in [1.165, 1.54) is 18.4 Å². The zero-order chi connectivity index (χ0) is 11.7. The number of amidine groups is 1. The largest absolute Gasteiger partial charge is 0.493 e. The smallest absolute Gasteiger partial charge is 0.123 e. The second kappa shape index (κ2) is 4.40. The minimum Gasteiger partial charge on any atom is -0.493 e. The highest BCUT2D eigenvalue weighted by atomic mass is 16.5. The number of para-hydroxylation sites is 1. The van der Waals surface area contributed by atoms with E-state index in [1.807, 2.05) is 18.2 Å². The summed E-state index contributed by atoms with van der Waals surface area (Å²) in [6, 6.07) is 8.15. The fourth-order valence-electron chi connectivity index (χ4n) is 2.80. The van der Waals surface area contributed by atoms with E-state index >= 15 is 0 Å². The summed E-state index contributed by atoms with van der Waals surface area (Å²) in [6.45, 7) is 2.84. The third kappa shape index (κ3) is 1.90. The zero-order valence-electron chi connectivity index (χ0n) is 9.98. The van der Waals surface area contributed by atoms with Gasteiger partial charge in [0.15, 0.2) is 0 Å². The topological polar surface area (TPSA) is 36.3 Å². The van der Waals surface area contributed by atoms with Gasteiger partial charge in [0.05, 0.1) is 6.61 Å². The number of hydrogen-bond donors (Lipinski definition) is 1. The van der Waals surface area contributed by atoms with Crippen molar-refractivity contribution in [3.05, 3.63) is 29.8 Å². The van der Waals surface area contributed by atoms with E-state index in [2.05, 4.69) is 11.0 Å². The molecular weight excluding hydrogens is 212 g/mol. The molecule has 0 aliphatic carbocycles. The van der Waals surface area contributed by atoms with E-state index in [0.29, 0.717) is 0 Å². The molecule has 3 rings (SSSR count). The highest BCUT2D eigenvalue weighted by Gasteiger charge is 2.28. The molecular formula is C14H18N2O. The van der Waals surface area contributed by atoms with Gasteiger partial charge in [-0.25, -0.2) is 0 Å². The lowest BCUT2D eigenvalue weighted by Gasteiger charge is -2.30. The van der Waals surface area contributed by atoms with Crippen molar-refractivity contribution in [2.24, 2.45) is 0 Å².